The van der Waals surface area contributed by atoms with Crippen LogP contribution in [-0.2, 0) is 4.74 Å². The van der Waals surface area contributed by atoms with Crippen molar-refractivity contribution in [2.45, 2.75) is 25.9 Å². The Hall–Kier alpha value is -0.770. The first-order valence-corrected chi connectivity index (χ1v) is 5.06. The van der Waals surface area contributed by atoms with Gasteiger partial charge < -0.3 is 15.4 Å². The van der Waals surface area contributed by atoms with Gasteiger partial charge in [-0.1, -0.05) is 0 Å². The molecular weight excluding hydrogens is 184 g/mol. The molecule has 0 bridgehead atoms. The fourth-order valence-electron chi connectivity index (χ4n) is 1.16. The zero-order chi connectivity index (χ0) is 9.52. The Balaban J connectivity index is 2.11. The molecule has 74 valence electrons. The normalized spacial score (nSPS) is 20.5. The van der Waals surface area contributed by atoms with Crippen LogP contribution in [-0.4, -0.2) is 24.3 Å². The summed E-state index contributed by atoms with van der Waals surface area (Å²) in [6.45, 7) is 3.67. The van der Waals surface area contributed by atoms with Crippen molar-refractivity contribution in [2.24, 2.45) is 0 Å². The van der Waals surface area contributed by atoms with E-state index in [1.165, 1.54) is 0 Å². The van der Waals surface area contributed by atoms with Gasteiger partial charge in [-0.25, -0.2) is 0 Å². The summed E-state index contributed by atoms with van der Waals surface area (Å²) in [5, 5.41) is 6.86. The molecule has 0 saturated heterocycles. The summed E-state index contributed by atoms with van der Waals surface area (Å²) in [5.41, 5.74) is 0. The Morgan fingerprint density at radius 2 is 2.46 bits per heavy atom. The van der Waals surface area contributed by atoms with Crippen molar-refractivity contribution < 1.29 is 4.74 Å². The van der Waals surface area contributed by atoms with Gasteiger partial charge in [0.1, 0.15) is 6.10 Å². The third kappa shape index (κ3) is 4.12. The van der Waals surface area contributed by atoms with Gasteiger partial charge in [-0.3, -0.25) is 0 Å². The van der Waals surface area contributed by atoms with Crippen LogP contribution < -0.4 is 10.6 Å². The highest BCUT2D eigenvalue weighted by atomic mass is 32.1. The van der Waals surface area contributed by atoms with E-state index in [-0.39, 0.29) is 6.10 Å². The molecule has 0 radical (unpaired) electrons. The zero-order valence-electron chi connectivity index (χ0n) is 7.88. The quantitative estimate of drug-likeness (QED) is 0.670. The summed E-state index contributed by atoms with van der Waals surface area (Å²) < 4.78 is 5.38. The maximum Gasteiger partial charge on any atom is 0.166 e. The minimum absolute atomic E-state index is 0.265. The molecule has 2 N–H and O–H groups in total. The van der Waals surface area contributed by atoms with Crippen molar-refractivity contribution in [1.29, 1.82) is 0 Å². The van der Waals surface area contributed by atoms with E-state index in [1.54, 1.807) is 6.26 Å². The van der Waals surface area contributed by atoms with Gasteiger partial charge in [0.15, 0.2) is 5.11 Å². The van der Waals surface area contributed by atoms with Crippen molar-refractivity contribution in [3.63, 3.8) is 0 Å². The van der Waals surface area contributed by atoms with E-state index in [4.69, 9.17) is 17.0 Å². The summed E-state index contributed by atoms with van der Waals surface area (Å²) in [7, 11) is 0. The predicted molar refractivity (Wildman–Crippen MR) is 57.5 cm³/mol. The molecule has 0 aromatic rings. The largest absolute Gasteiger partial charge is 0.497 e. The number of hydrogen-bond donors (Lipinski definition) is 2. The Morgan fingerprint density at radius 3 is 3.08 bits per heavy atom. The summed E-state index contributed by atoms with van der Waals surface area (Å²) in [4.78, 5) is 0. The molecule has 0 saturated carbocycles. The average molecular weight is 200 g/mol. The van der Waals surface area contributed by atoms with E-state index in [9.17, 15) is 0 Å². The van der Waals surface area contributed by atoms with Gasteiger partial charge in [0.2, 0.25) is 0 Å². The van der Waals surface area contributed by atoms with E-state index >= 15 is 0 Å². The fraction of sp³-hybridized carbons (Fsp3) is 0.667. The van der Waals surface area contributed by atoms with Gasteiger partial charge in [0.05, 0.1) is 12.8 Å². The van der Waals surface area contributed by atoms with Crippen LogP contribution in [0, 0.1) is 0 Å². The average Bonchev–Trinajstić information content (AvgIpc) is 2.17. The smallest absolute Gasteiger partial charge is 0.166 e. The molecule has 0 amide bonds. The van der Waals surface area contributed by atoms with Crippen LogP contribution in [0.25, 0.3) is 0 Å². The molecule has 1 heterocycles. The van der Waals surface area contributed by atoms with Crippen LogP contribution in [0.2, 0.25) is 0 Å². The van der Waals surface area contributed by atoms with Gasteiger partial charge >= 0.3 is 0 Å². The van der Waals surface area contributed by atoms with E-state index in [0.29, 0.717) is 5.11 Å². The summed E-state index contributed by atoms with van der Waals surface area (Å²) in [6.07, 6.45) is 6.24. The number of ether oxygens (including phenoxy) is 1. The first kappa shape index (κ1) is 10.3. The molecular formula is C9H16N2OS. The summed E-state index contributed by atoms with van der Waals surface area (Å²) >= 11 is 5.03. The SMILES string of the molecule is CCNC(=S)NCC1CCC=CO1. The van der Waals surface area contributed by atoms with Crippen LogP contribution in [0.4, 0.5) is 0 Å². The number of rotatable bonds is 3. The molecule has 1 unspecified atom stereocenters. The molecule has 13 heavy (non-hydrogen) atoms. The van der Waals surface area contributed by atoms with Gasteiger partial charge in [0, 0.05) is 6.54 Å². The van der Waals surface area contributed by atoms with Crippen LogP contribution in [0.1, 0.15) is 19.8 Å². The Bertz CT molecular complexity index is 194. The second-order valence-electron chi connectivity index (χ2n) is 2.95. The van der Waals surface area contributed by atoms with Crippen LogP contribution in [0.5, 0.6) is 0 Å². The lowest BCUT2D eigenvalue weighted by Crippen LogP contribution is -2.40. The molecule has 0 aliphatic carbocycles. The van der Waals surface area contributed by atoms with Crippen molar-refractivity contribution >= 4 is 17.3 Å². The second kappa shape index (κ2) is 5.80. The van der Waals surface area contributed by atoms with Gasteiger partial charge in [-0.15, -0.1) is 0 Å². The third-order valence-electron chi connectivity index (χ3n) is 1.85. The van der Waals surface area contributed by atoms with Crippen molar-refractivity contribution in [3.8, 4) is 0 Å². The molecule has 0 spiro atoms. The lowest BCUT2D eigenvalue weighted by molar-refractivity contribution is 0.127. The molecule has 1 rings (SSSR count). The highest BCUT2D eigenvalue weighted by Gasteiger charge is 2.10. The molecule has 3 nitrogen and oxygen atoms in total. The molecule has 0 aromatic heterocycles. The van der Waals surface area contributed by atoms with Crippen molar-refractivity contribution in [1.82, 2.24) is 10.6 Å². The number of thiocarbonyl (C=S) groups is 1. The Morgan fingerprint density at radius 1 is 1.62 bits per heavy atom. The van der Waals surface area contributed by atoms with E-state index in [1.807, 2.05) is 13.0 Å². The minimum atomic E-state index is 0.265. The van der Waals surface area contributed by atoms with E-state index < -0.39 is 0 Å². The molecule has 1 aliphatic heterocycles. The van der Waals surface area contributed by atoms with E-state index in [0.717, 1.165) is 25.9 Å². The van der Waals surface area contributed by atoms with Crippen molar-refractivity contribution in [2.75, 3.05) is 13.1 Å². The monoisotopic (exact) mass is 200 g/mol. The Kier molecular flexibility index (Phi) is 4.60. The molecule has 1 aliphatic rings. The van der Waals surface area contributed by atoms with Crippen LogP contribution in [0.3, 0.4) is 0 Å². The maximum atomic E-state index is 5.38. The second-order valence-corrected chi connectivity index (χ2v) is 3.36. The summed E-state index contributed by atoms with van der Waals surface area (Å²) in [5.74, 6) is 0. The standard InChI is InChI=1S/C9H16N2OS/c1-2-10-9(13)11-7-8-5-3-4-6-12-8/h4,6,8H,2-3,5,7H2,1H3,(H2,10,11,13). The van der Waals surface area contributed by atoms with E-state index in [2.05, 4.69) is 10.6 Å². The first-order valence-electron chi connectivity index (χ1n) is 4.65. The van der Waals surface area contributed by atoms with Gasteiger partial charge in [-0.05, 0) is 38.1 Å². The number of nitrogens with one attached hydrogen (secondary N) is 2. The molecule has 4 heteroatoms. The maximum absolute atomic E-state index is 5.38. The zero-order valence-corrected chi connectivity index (χ0v) is 8.69. The lowest BCUT2D eigenvalue weighted by Gasteiger charge is -2.20. The predicted octanol–water partition coefficient (Wildman–Crippen LogP) is 1.16. The molecule has 0 fully saturated rings. The third-order valence-corrected chi connectivity index (χ3v) is 2.14. The number of hydrogen-bond acceptors (Lipinski definition) is 2. The fourth-order valence-corrected chi connectivity index (χ4v) is 1.39. The lowest BCUT2D eigenvalue weighted by atomic mass is 10.1. The van der Waals surface area contributed by atoms with Gasteiger partial charge in [-0.2, -0.15) is 0 Å². The van der Waals surface area contributed by atoms with Crippen LogP contribution in [0.15, 0.2) is 12.3 Å². The highest BCUT2D eigenvalue weighted by Crippen LogP contribution is 2.08. The number of allylic oxidation sites excluding steroid dienone is 1. The molecule has 1 atom stereocenters. The first-order chi connectivity index (χ1) is 6.33. The topological polar surface area (TPSA) is 33.3 Å². The minimum Gasteiger partial charge on any atom is -0.497 e. The van der Waals surface area contributed by atoms with Crippen molar-refractivity contribution in [3.05, 3.63) is 12.3 Å². The molecule has 0 aromatic carbocycles. The summed E-state index contributed by atoms with van der Waals surface area (Å²) in [6, 6.07) is 0. The van der Waals surface area contributed by atoms with Crippen LogP contribution >= 0.6 is 12.2 Å². The highest BCUT2D eigenvalue weighted by molar-refractivity contribution is 7.80. The Labute approximate surface area is 84.5 Å². The van der Waals surface area contributed by atoms with Gasteiger partial charge in [0.25, 0.3) is 0 Å².